The van der Waals surface area contributed by atoms with Gasteiger partial charge in [0.2, 0.25) is 5.91 Å². The Balaban J connectivity index is 1.87. The second-order valence-electron chi connectivity index (χ2n) is 8.23. The summed E-state index contributed by atoms with van der Waals surface area (Å²) in [7, 11) is 1.60. The van der Waals surface area contributed by atoms with E-state index < -0.39 is 17.8 Å². The molecule has 0 aliphatic carbocycles. The number of thiophene rings is 1. The quantitative estimate of drug-likeness (QED) is 0.531. The molecule has 0 unspecified atom stereocenters. The van der Waals surface area contributed by atoms with Crippen LogP contribution in [0.3, 0.4) is 0 Å². The molecule has 31 heavy (non-hydrogen) atoms. The van der Waals surface area contributed by atoms with Crippen molar-refractivity contribution in [2.75, 3.05) is 18.5 Å². The number of rotatable bonds is 5. The Morgan fingerprint density at radius 3 is 2.48 bits per heavy atom. The topological polar surface area (TPSA) is 40.6 Å². The Kier molecular flexibility index (Phi) is 5.92. The summed E-state index contributed by atoms with van der Waals surface area (Å²) in [4.78, 5) is 31.5. The zero-order chi connectivity index (χ0) is 22.1. The molecular formula is C25H25FN2O2S. The van der Waals surface area contributed by atoms with Gasteiger partial charge in [-0.2, -0.15) is 0 Å². The van der Waals surface area contributed by atoms with Gasteiger partial charge in [-0.05, 0) is 41.1 Å². The lowest BCUT2D eigenvalue weighted by Gasteiger charge is -2.43. The number of carbonyl (C=O) groups is 2. The number of para-hydroxylation sites is 1. The summed E-state index contributed by atoms with van der Waals surface area (Å²) < 4.78 is 14.5. The van der Waals surface area contributed by atoms with Gasteiger partial charge in [-0.25, -0.2) is 4.39 Å². The number of amides is 2. The molecule has 0 saturated heterocycles. The first kappa shape index (κ1) is 21.2. The van der Waals surface area contributed by atoms with Crippen molar-refractivity contribution < 1.29 is 14.0 Å². The lowest BCUT2D eigenvalue weighted by molar-refractivity contribution is -0.121. The van der Waals surface area contributed by atoms with Gasteiger partial charge in [0.25, 0.3) is 5.91 Å². The molecule has 0 N–H and O–H groups in total. The van der Waals surface area contributed by atoms with Crippen LogP contribution in [0.1, 0.15) is 46.6 Å². The monoisotopic (exact) mass is 436 g/mol. The standard InChI is InChI=1S/C25H25FN2O2S/c1-16(2)15-28-23(21-13-8-14-31-21)22(17-9-4-5-10-18(17)24(28)29)25(30)27(3)20-12-7-6-11-19(20)26/h4-14,16,22-23H,15H2,1-3H3/t22-,23+/m0/s1. The average molecular weight is 437 g/mol. The average Bonchev–Trinajstić information content (AvgIpc) is 3.29. The predicted octanol–water partition coefficient (Wildman–Crippen LogP) is 5.49. The zero-order valence-electron chi connectivity index (χ0n) is 17.8. The van der Waals surface area contributed by atoms with E-state index in [1.807, 2.05) is 40.6 Å². The van der Waals surface area contributed by atoms with Crippen LogP contribution in [0, 0.1) is 11.7 Å². The summed E-state index contributed by atoms with van der Waals surface area (Å²) in [5.41, 5.74) is 1.46. The maximum absolute atomic E-state index is 14.5. The van der Waals surface area contributed by atoms with Crippen LogP contribution < -0.4 is 4.90 Å². The van der Waals surface area contributed by atoms with E-state index in [1.165, 1.54) is 22.3 Å². The van der Waals surface area contributed by atoms with Crippen LogP contribution in [-0.4, -0.2) is 30.3 Å². The van der Waals surface area contributed by atoms with E-state index in [1.54, 1.807) is 31.3 Å². The van der Waals surface area contributed by atoms with Gasteiger partial charge in [0, 0.05) is 24.0 Å². The number of anilines is 1. The summed E-state index contributed by atoms with van der Waals surface area (Å²) in [5, 5.41) is 1.95. The number of fused-ring (bicyclic) bond motifs is 1. The van der Waals surface area contributed by atoms with Crippen LogP contribution >= 0.6 is 11.3 Å². The fourth-order valence-electron chi connectivity index (χ4n) is 4.28. The number of nitrogens with zero attached hydrogens (tertiary/aromatic N) is 2. The van der Waals surface area contributed by atoms with Crippen LogP contribution in [0.4, 0.5) is 10.1 Å². The highest BCUT2D eigenvalue weighted by atomic mass is 32.1. The number of benzene rings is 2. The van der Waals surface area contributed by atoms with Crippen LogP contribution in [0.25, 0.3) is 0 Å². The molecule has 0 spiro atoms. The van der Waals surface area contributed by atoms with Crippen molar-refractivity contribution in [3.63, 3.8) is 0 Å². The molecule has 2 atom stereocenters. The van der Waals surface area contributed by atoms with Crippen LogP contribution in [0.5, 0.6) is 0 Å². The third kappa shape index (κ3) is 3.88. The molecule has 0 bridgehead atoms. The third-order valence-corrected chi connectivity index (χ3v) is 6.59. The minimum atomic E-state index is -0.629. The van der Waals surface area contributed by atoms with Gasteiger partial charge >= 0.3 is 0 Å². The molecule has 0 saturated carbocycles. The van der Waals surface area contributed by atoms with Gasteiger partial charge in [-0.15, -0.1) is 11.3 Å². The summed E-state index contributed by atoms with van der Waals surface area (Å²) in [6.07, 6.45) is 0. The molecule has 2 amide bonds. The Morgan fingerprint density at radius 2 is 1.81 bits per heavy atom. The number of carbonyl (C=O) groups excluding carboxylic acids is 2. The molecule has 0 radical (unpaired) electrons. The number of hydrogen-bond donors (Lipinski definition) is 0. The SMILES string of the molecule is CC(C)CN1C(=O)c2ccccc2[C@H](C(=O)N(C)c2ccccc2F)[C@H]1c1cccs1. The van der Waals surface area contributed by atoms with Gasteiger partial charge in [-0.3, -0.25) is 9.59 Å². The lowest BCUT2D eigenvalue weighted by atomic mass is 9.80. The molecule has 2 aromatic carbocycles. The Hall–Kier alpha value is -2.99. The lowest BCUT2D eigenvalue weighted by Crippen LogP contribution is -2.48. The van der Waals surface area contributed by atoms with E-state index in [0.717, 1.165) is 4.88 Å². The van der Waals surface area contributed by atoms with Crippen molar-refractivity contribution in [3.8, 4) is 0 Å². The molecule has 1 aromatic heterocycles. The molecule has 3 aromatic rings. The van der Waals surface area contributed by atoms with Gasteiger partial charge in [-0.1, -0.05) is 50.2 Å². The van der Waals surface area contributed by atoms with Crippen LogP contribution in [0.2, 0.25) is 0 Å². The normalized spacial score (nSPS) is 18.2. The molecule has 4 rings (SSSR count). The highest BCUT2D eigenvalue weighted by molar-refractivity contribution is 7.10. The third-order valence-electron chi connectivity index (χ3n) is 5.65. The number of likely N-dealkylation sites (N-methyl/N-ethyl adjacent to an activating group) is 1. The Labute approximate surface area is 185 Å². The molecule has 0 fully saturated rings. The van der Waals surface area contributed by atoms with E-state index in [-0.39, 0.29) is 23.4 Å². The highest BCUT2D eigenvalue weighted by Crippen LogP contribution is 2.45. The second kappa shape index (κ2) is 8.63. The minimum absolute atomic E-state index is 0.0692. The zero-order valence-corrected chi connectivity index (χ0v) is 18.6. The van der Waals surface area contributed by atoms with Crippen LogP contribution in [0.15, 0.2) is 66.0 Å². The van der Waals surface area contributed by atoms with E-state index in [0.29, 0.717) is 17.7 Å². The highest BCUT2D eigenvalue weighted by Gasteiger charge is 2.45. The van der Waals surface area contributed by atoms with Crippen molar-refractivity contribution in [2.45, 2.75) is 25.8 Å². The maximum atomic E-state index is 14.5. The summed E-state index contributed by atoms with van der Waals surface area (Å²) >= 11 is 1.53. The molecule has 160 valence electrons. The van der Waals surface area contributed by atoms with Crippen molar-refractivity contribution in [1.29, 1.82) is 0 Å². The van der Waals surface area contributed by atoms with Crippen molar-refractivity contribution in [3.05, 3.63) is 87.9 Å². The Morgan fingerprint density at radius 1 is 1.10 bits per heavy atom. The molecule has 1 aliphatic rings. The van der Waals surface area contributed by atoms with Crippen molar-refractivity contribution in [2.24, 2.45) is 5.92 Å². The maximum Gasteiger partial charge on any atom is 0.254 e. The smallest absolute Gasteiger partial charge is 0.254 e. The van der Waals surface area contributed by atoms with E-state index in [4.69, 9.17) is 0 Å². The molecule has 6 heteroatoms. The van der Waals surface area contributed by atoms with Crippen LogP contribution in [-0.2, 0) is 4.79 Å². The first-order valence-electron chi connectivity index (χ1n) is 10.4. The van der Waals surface area contributed by atoms with Gasteiger partial charge < -0.3 is 9.80 Å². The van der Waals surface area contributed by atoms with Crippen molar-refractivity contribution in [1.82, 2.24) is 4.90 Å². The molecular weight excluding hydrogens is 411 g/mol. The summed E-state index contributed by atoms with van der Waals surface area (Å²) in [6, 6.07) is 17.0. The number of halogens is 1. The van der Waals surface area contributed by atoms with Crippen molar-refractivity contribution >= 4 is 28.8 Å². The Bertz CT molecular complexity index is 1100. The predicted molar refractivity (Wildman–Crippen MR) is 122 cm³/mol. The first-order valence-corrected chi connectivity index (χ1v) is 11.2. The molecule has 2 heterocycles. The molecule has 1 aliphatic heterocycles. The summed E-state index contributed by atoms with van der Waals surface area (Å²) in [6.45, 7) is 4.64. The fourth-order valence-corrected chi connectivity index (χ4v) is 5.15. The number of hydrogen-bond acceptors (Lipinski definition) is 3. The van der Waals surface area contributed by atoms with E-state index in [9.17, 15) is 14.0 Å². The van der Waals surface area contributed by atoms with E-state index >= 15 is 0 Å². The van der Waals surface area contributed by atoms with E-state index in [2.05, 4.69) is 13.8 Å². The molecule has 4 nitrogen and oxygen atoms in total. The van der Waals surface area contributed by atoms with Gasteiger partial charge in [0.15, 0.2) is 0 Å². The largest absolute Gasteiger partial charge is 0.329 e. The summed E-state index contributed by atoms with van der Waals surface area (Å²) in [5.74, 6) is -1.16. The first-order chi connectivity index (χ1) is 14.9. The van der Waals surface area contributed by atoms with Gasteiger partial charge in [0.1, 0.15) is 5.82 Å². The van der Waals surface area contributed by atoms with Gasteiger partial charge in [0.05, 0.1) is 17.6 Å². The minimum Gasteiger partial charge on any atom is -0.329 e. The second-order valence-corrected chi connectivity index (χ2v) is 9.20. The fraction of sp³-hybridized carbons (Fsp3) is 0.280.